The van der Waals surface area contributed by atoms with Gasteiger partial charge in [-0.25, -0.2) is 0 Å². The van der Waals surface area contributed by atoms with Crippen molar-refractivity contribution in [2.75, 3.05) is 14.1 Å². The number of hydrogen-bond donors (Lipinski definition) is 1. The van der Waals surface area contributed by atoms with Gasteiger partial charge in [0.05, 0.1) is 6.10 Å². The highest BCUT2D eigenvalue weighted by Gasteiger charge is 2.19. The van der Waals surface area contributed by atoms with Crippen LogP contribution in [0.2, 0.25) is 0 Å². The van der Waals surface area contributed by atoms with Crippen LogP contribution in [0.25, 0.3) is 0 Å². The van der Waals surface area contributed by atoms with Gasteiger partial charge in [0, 0.05) is 6.04 Å². The molecule has 0 aromatic rings. The molecule has 0 spiro atoms. The first kappa shape index (κ1) is 10.5. The Morgan fingerprint density at radius 1 is 1.38 bits per heavy atom. The molecule has 0 aromatic heterocycles. The Hall–Kier alpha value is -0.600. The van der Waals surface area contributed by atoms with Gasteiger partial charge < -0.3 is 10.0 Å². The van der Waals surface area contributed by atoms with Crippen molar-refractivity contribution in [1.29, 1.82) is 0 Å². The summed E-state index contributed by atoms with van der Waals surface area (Å²) < 4.78 is 0. The zero-order valence-corrected chi connectivity index (χ0v) is 8.91. The minimum Gasteiger partial charge on any atom is -0.389 e. The highest BCUT2D eigenvalue weighted by atomic mass is 16.3. The molecule has 0 saturated heterocycles. The largest absolute Gasteiger partial charge is 0.389 e. The first-order valence-electron chi connectivity index (χ1n) is 4.78. The average Bonchev–Trinajstić information content (AvgIpc) is 2.50. The third kappa shape index (κ3) is 2.20. The molecule has 1 N–H and O–H groups in total. The lowest BCUT2D eigenvalue weighted by atomic mass is 10.0. The van der Waals surface area contributed by atoms with Gasteiger partial charge in [0.25, 0.3) is 0 Å². The van der Waals surface area contributed by atoms with Crippen molar-refractivity contribution in [3.05, 3.63) is 23.3 Å². The van der Waals surface area contributed by atoms with Crippen LogP contribution in [-0.4, -0.2) is 36.2 Å². The summed E-state index contributed by atoms with van der Waals surface area (Å²) in [5.74, 6) is 0. The van der Waals surface area contributed by atoms with E-state index in [-0.39, 0.29) is 6.10 Å². The lowest BCUT2D eigenvalue weighted by Gasteiger charge is -2.23. The first-order chi connectivity index (χ1) is 6.04. The lowest BCUT2D eigenvalue weighted by molar-refractivity contribution is 0.226. The number of likely N-dealkylation sites (N-methyl/N-ethyl adjacent to an activating group) is 1. The van der Waals surface area contributed by atoms with E-state index in [2.05, 4.69) is 38.1 Å². The monoisotopic (exact) mass is 181 g/mol. The van der Waals surface area contributed by atoms with Crippen molar-refractivity contribution >= 4 is 0 Å². The number of nitrogens with zero attached hydrogens (tertiary/aromatic N) is 1. The zero-order chi connectivity index (χ0) is 10.0. The van der Waals surface area contributed by atoms with Crippen molar-refractivity contribution in [3.63, 3.8) is 0 Å². The van der Waals surface area contributed by atoms with E-state index in [0.29, 0.717) is 6.04 Å². The predicted molar refractivity (Wildman–Crippen MR) is 55.6 cm³/mol. The van der Waals surface area contributed by atoms with E-state index in [1.54, 1.807) is 0 Å². The smallest absolute Gasteiger partial charge is 0.0731 e. The summed E-state index contributed by atoms with van der Waals surface area (Å²) in [5, 5.41) is 9.54. The molecule has 1 rings (SSSR count). The fourth-order valence-corrected chi connectivity index (χ4v) is 1.64. The third-order valence-electron chi connectivity index (χ3n) is 2.73. The molecule has 0 amide bonds. The number of hydrogen-bond acceptors (Lipinski definition) is 2. The standard InChI is InChI=1S/C11H19NO/c1-8(12(3)4)10-6-5-7-11(10)9(2)13/h5-6,8-9,13H,7H2,1-4H3/t8-,9-/m0/s1. The van der Waals surface area contributed by atoms with Crippen LogP contribution in [0.5, 0.6) is 0 Å². The van der Waals surface area contributed by atoms with Gasteiger partial charge in [-0.15, -0.1) is 0 Å². The Balaban J connectivity index is 2.86. The van der Waals surface area contributed by atoms with Crippen molar-refractivity contribution in [2.45, 2.75) is 32.4 Å². The van der Waals surface area contributed by atoms with Gasteiger partial charge in [0.2, 0.25) is 0 Å². The van der Waals surface area contributed by atoms with E-state index >= 15 is 0 Å². The summed E-state index contributed by atoms with van der Waals surface area (Å²) in [5.41, 5.74) is 2.45. The molecule has 0 fully saturated rings. The number of allylic oxidation sites excluding steroid dienone is 1. The Labute approximate surface area is 80.6 Å². The summed E-state index contributed by atoms with van der Waals surface area (Å²) in [6.45, 7) is 4.00. The summed E-state index contributed by atoms with van der Waals surface area (Å²) in [4.78, 5) is 2.16. The average molecular weight is 181 g/mol. The van der Waals surface area contributed by atoms with E-state index in [1.807, 2.05) is 6.92 Å². The molecule has 0 bridgehead atoms. The van der Waals surface area contributed by atoms with Crippen molar-refractivity contribution < 1.29 is 5.11 Å². The van der Waals surface area contributed by atoms with Crippen LogP contribution in [0.4, 0.5) is 0 Å². The number of aliphatic hydroxyl groups excluding tert-OH is 1. The second kappa shape index (κ2) is 4.07. The highest BCUT2D eigenvalue weighted by molar-refractivity contribution is 5.38. The van der Waals surface area contributed by atoms with Crippen LogP contribution in [0.1, 0.15) is 20.3 Å². The van der Waals surface area contributed by atoms with E-state index < -0.39 is 0 Å². The Morgan fingerprint density at radius 3 is 2.46 bits per heavy atom. The summed E-state index contributed by atoms with van der Waals surface area (Å²) >= 11 is 0. The Morgan fingerprint density at radius 2 is 2.00 bits per heavy atom. The van der Waals surface area contributed by atoms with Gasteiger partial charge in [-0.1, -0.05) is 12.2 Å². The van der Waals surface area contributed by atoms with Crippen LogP contribution in [0, 0.1) is 0 Å². The molecule has 0 aliphatic heterocycles. The molecule has 0 saturated carbocycles. The maximum absolute atomic E-state index is 9.54. The van der Waals surface area contributed by atoms with Crippen molar-refractivity contribution in [2.24, 2.45) is 0 Å². The molecule has 2 nitrogen and oxygen atoms in total. The molecule has 13 heavy (non-hydrogen) atoms. The molecular weight excluding hydrogens is 162 g/mol. The number of rotatable bonds is 3. The minimum absolute atomic E-state index is 0.313. The van der Waals surface area contributed by atoms with Crippen LogP contribution in [0.15, 0.2) is 23.3 Å². The lowest BCUT2D eigenvalue weighted by Crippen LogP contribution is -2.27. The molecule has 0 aromatic carbocycles. The zero-order valence-electron chi connectivity index (χ0n) is 8.91. The van der Waals surface area contributed by atoms with Gasteiger partial charge in [-0.3, -0.25) is 0 Å². The molecule has 74 valence electrons. The minimum atomic E-state index is -0.313. The molecule has 0 unspecified atom stereocenters. The molecular formula is C11H19NO. The summed E-state index contributed by atoms with van der Waals surface area (Å²) in [7, 11) is 4.12. The molecule has 1 aliphatic rings. The van der Waals surface area contributed by atoms with Gasteiger partial charge in [-0.2, -0.15) is 0 Å². The maximum atomic E-state index is 9.54. The maximum Gasteiger partial charge on any atom is 0.0731 e. The van der Waals surface area contributed by atoms with Gasteiger partial charge in [0.15, 0.2) is 0 Å². The molecule has 1 aliphatic carbocycles. The number of aliphatic hydroxyl groups is 1. The molecule has 2 atom stereocenters. The quantitative estimate of drug-likeness (QED) is 0.714. The van der Waals surface area contributed by atoms with E-state index in [0.717, 1.165) is 6.42 Å². The Bertz CT molecular complexity index is 238. The SMILES string of the molecule is C[C@H](O)C1=C([C@H](C)N(C)C)C=CC1. The van der Waals surface area contributed by atoms with Crippen LogP contribution >= 0.6 is 0 Å². The van der Waals surface area contributed by atoms with Crippen molar-refractivity contribution in [1.82, 2.24) is 4.90 Å². The third-order valence-corrected chi connectivity index (χ3v) is 2.73. The fourth-order valence-electron chi connectivity index (χ4n) is 1.64. The van der Waals surface area contributed by atoms with Crippen molar-refractivity contribution in [3.8, 4) is 0 Å². The van der Waals surface area contributed by atoms with Crippen LogP contribution in [0.3, 0.4) is 0 Å². The molecule has 2 heteroatoms. The van der Waals surface area contributed by atoms with Crippen LogP contribution in [-0.2, 0) is 0 Å². The topological polar surface area (TPSA) is 23.5 Å². The second-order valence-electron chi connectivity index (χ2n) is 3.90. The molecule has 0 radical (unpaired) electrons. The normalized spacial score (nSPS) is 21.4. The predicted octanol–water partition coefficient (Wildman–Crippen LogP) is 1.57. The highest BCUT2D eigenvalue weighted by Crippen LogP contribution is 2.26. The van der Waals surface area contributed by atoms with Crippen LogP contribution < -0.4 is 0 Å². The van der Waals surface area contributed by atoms with E-state index in [1.165, 1.54) is 11.1 Å². The first-order valence-corrected chi connectivity index (χ1v) is 4.78. The second-order valence-corrected chi connectivity index (χ2v) is 3.90. The van der Waals surface area contributed by atoms with E-state index in [9.17, 15) is 5.11 Å². The molecule has 0 heterocycles. The summed E-state index contributed by atoms with van der Waals surface area (Å²) in [6, 6.07) is 0.392. The Kier molecular flexibility index (Phi) is 3.28. The summed E-state index contributed by atoms with van der Waals surface area (Å²) in [6.07, 6.45) is 4.85. The fraction of sp³-hybridized carbons (Fsp3) is 0.636. The van der Waals surface area contributed by atoms with Gasteiger partial charge in [-0.05, 0) is 45.5 Å². The van der Waals surface area contributed by atoms with Gasteiger partial charge >= 0.3 is 0 Å². The van der Waals surface area contributed by atoms with Gasteiger partial charge in [0.1, 0.15) is 0 Å². The van der Waals surface area contributed by atoms with E-state index in [4.69, 9.17) is 0 Å².